The first-order valence-corrected chi connectivity index (χ1v) is 8.32. The SMILES string of the molecule is Cc1ccc(-n2cnnc2S[C@H](C)c2ccc(F)cc2)c(C)c1. The molecule has 23 heavy (non-hydrogen) atoms. The molecule has 1 aromatic heterocycles. The van der Waals surface area contributed by atoms with Crippen LogP contribution in [0.15, 0.2) is 53.9 Å². The van der Waals surface area contributed by atoms with Gasteiger partial charge in [0.1, 0.15) is 12.1 Å². The lowest BCUT2D eigenvalue weighted by molar-refractivity contribution is 0.627. The van der Waals surface area contributed by atoms with Gasteiger partial charge in [-0.15, -0.1) is 10.2 Å². The van der Waals surface area contributed by atoms with Crippen molar-refractivity contribution in [2.75, 3.05) is 0 Å². The molecule has 0 amide bonds. The average Bonchev–Trinajstić information content (AvgIpc) is 2.96. The summed E-state index contributed by atoms with van der Waals surface area (Å²) < 4.78 is 15.1. The number of hydrogen-bond acceptors (Lipinski definition) is 3. The Morgan fingerprint density at radius 3 is 2.52 bits per heavy atom. The Bertz CT molecular complexity index is 811. The second-order valence-electron chi connectivity index (χ2n) is 5.59. The van der Waals surface area contributed by atoms with Crippen molar-refractivity contribution in [3.05, 3.63) is 71.3 Å². The van der Waals surface area contributed by atoms with Gasteiger partial charge in [0, 0.05) is 5.25 Å². The molecule has 2 aromatic carbocycles. The van der Waals surface area contributed by atoms with E-state index in [1.807, 2.05) is 16.7 Å². The van der Waals surface area contributed by atoms with Gasteiger partial charge in [0.05, 0.1) is 5.69 Å². The summed E-state index contributed by atoms with van der Waals surface area (Å²) in [6.45, 7) is 6.24. The summed E-state index contributed by atoms with van der Waals surface area (Å²) in [6, 6.07) is 12.9. The summed E-state index contributed by atoms with van der Waals surface area (Å²) in [5.74, 6) is -0.218. The third-order valence-electron chi connectivity index (χ3n) is 3.75. The van der Waals surface area contributed by atoms with Gasteiger partial charge in [-0.25, -0.2) is 4.39 Å². The molecule has 5 heteroatoms. The Morgan fingerprint density at radius 2 is 1.83 bits per heavy atom. The van der Waals surface area contributed by atoms with E-state index in [1.54, 1.807) is 18.1 Å². The maximum absolute atomic E-state index is 13.1. The molecule has 0 unspecified atom stereocenters. The summed E-state index contributed by atoms with van der Waals surface area (Å²) in [6.07, 6.45) is 1.73. The van der Waals surface area contributed by atoms with E-state index in [4.69, 9.17) is 0 Å². The molecule has 1 heterocycles. The van der Waals surface area contributed by atoms with E-state index < -0.39 is 0 Å². The van der Waals surface area contributed by atoms with Crippen LogP contribution < -0.4 is 0 Å². The number of hydrogen-bond donors (Lipinski definition) is 0. The minimum atomic E-state index is -0.218. The van der Waals surface area contributed by atoms with E-state index in [9.17, 15) is 4.39 Å². The number of thioether (sulfide) groups is 1. The zero-order valence-corrected chi connectivity index (χ0v) is 14.1. The lowest BCUT2D eigenvalue weighted by Gasteiger charge is -2.14. The lowest BCUT2D eigenvalue weighted by Crippen LogP contribution is -2.00. The van der Waals surface area contributed by atoms with Gasteiger partial charge >= 0.3 is 0 Å². The van der Waals surface area contributed by atoms with Crippen LogP contribution in [0, 0.1) is 19.7 Å². The van der Waals surface area contributed by atoms with Gasteiger partial charge in [0.2, 0.25) is 0 Å². The molecule has 0 fully saturated rings. The van der Waals surface area contributed by atoms with Crippen molar-refractivity contribution in [1.29, 1.82) is 0 Å². The minimum absolute atomic E-state index is 0.157. The van der Waals surface area contributed by atoms with E-state index in [1.165, 1.54) is 23.3 Å². The Balaban J connectivity index is 1.87. The van der Waals surface area contributed by atoms with Crippen LogP contribution >= 0.6 is 11.8 Å². The van der Waals surface area contributed by atoms with Crippen LogP contribution in [0.3, 0.4) is 0 Å². The van der Waals surface area contributed by atoms with Crippen LogP contribution in [0.4, 0.5) is 4.39 Å². The van der Waals surface area contributed by atoms with Gasteiger partial charge in [-0.3, -0.25) is 4.57 Å². The van der Waals surface area contributed by atoms with E-state index >= 15 is 0 Å². The number of rotatable bonds is 4. The molecule has 1 atom stereocenters. The molecule has 0 aliphatic rings. The summed E-state index contributed by atoms with van der Waals surface area (Å²) in [5, 5.41) is 9.28. The molecule has 0 aliphatic carbocycles. The minimum Gasteiger partial charge on any atom is -0.276 e. The third kappa shape index (κ3) is 3.45. The van der Waals surface area contributed by atoms with E-state index in [0.29, 0.717) is 0 Å². The zero-order chi connectivity index (χ0) is 16.4. The maximum atomic E-state index is 13.1. The molecule has 118 valence electrons. The molecule has 3 rings (SSSR count). The fourth-order valence-electron chi connectivity index (χ4n) is 2.51. The quantitative estimate of drug-likeness (QED) is 0.640. The summed E-state index contributed by atoms with van der Waals surface area (Å²) in [5.41, 5.74) is 4.55. The number of nitrogens with zero attached hydrogens (tertiary/aromatic N) is 3. The first-order chi connectivity index (χ1) is 11.0. The number of aryl methyl sites for hydroxylation is 2. The highest BCUT2D eigenvalue weighted by Gasteiger charge is 2.14. The molecule has 0 bridgehead atoms. The van der Waals surface area contributed by atoms with Crippen molar-refractivity contribution in [3.8, 4) is 5.69 Å². The molecule has 0 saturated heterocycles. The highest BCUT2D eigenvalue weighted by atomic mass is 32.2. The van der Waals surface area contributed by atoms with Crippen molar-refractivity contribution in [2.24, 2.45) is 0 Å². The topological polar surface area (TPSA) is 30.7 Å². The molecule has 0 N–H and O–H groups in total. The predicted octanol–water partition coefficient (Wildman–Crippen LogP) is 4.88. The number of benzene rings is 2. The van der Waals surface area contributed by atoms with Gasteiger partial charge in [-0.1, -0.05) is 41.6 Å². The lowest BCUT2D eigenvalue weighted by atomic mass is 10.1. The zero-order valence-electron chi connectivity index (χ0n) is 13.3. The average molecular weight is 327 g/mol. The summed E-state index contributed by atoms with van der Waals surface area (Å²) >= 11 is 1.61. The van der Waals surface area contributed by atoms with Crippen LogP contribution in [0.2, 0.25) is 0 Å². The normalized spacial score (nSPS) is 12.3. The Labute approximate surface area is 139 Å². The molecular formula is C18H18FN3S. The fourth-order valence-corrected chi connectivity index (χ4v) is 3.47. The van der Waals surface area contributed by atoms with Crippen LogP contribution in [0.1, 0.15) is 28.9 Å². The van der Waals surface area contributed by atoms with Crippen molar-refractivity contribution in [3.63, 3.8) is 0 Å². The molecule has 0 radical (unpaired) electrons. The highest BCUT2D eigenvalue weighted by Crippen LogP contribution is 2.34. The van der Waals surface area contributed by atoms with Crippen molar-refractivity contribution < 1.29 is 4.39 Å². The third-order valence-corrected chi connectivity index (χ3v) is 4.86. The van der Waals surface area contributed by atoms with Crippen LogP contribution in [0.5, 0.6) is 0 Å². The monoisotopic (exact) mass is 327 g/mol. The van der Waals surface area contributed by atoms with Gasteiger partial charge in [-0.2, -0.15) is 0 Å². The molecule has 0 aliphatic heterocycles. The predicted molar refractivity (Wildman–Crippen MR) is 91.5 cm³/mol. The van der Waals surface area contributed by atoms with Crippen molar-refractivity contribution >= 4 is 11.8 Å². The maximum Gasteiger partial charge on any atom is 0.196 e. The largest absolute Gasteiger partial charge is 0.276 e. The number of aromatic nitrogens is 3. The molecule has 3 aromatic rings. The Kier molecular flexibility index (Phi) is 4.48. The standard InChI is InChI=1S/C18H18FN3S/c1-12-4-9-17(13(2)10-12)22-11-20-21-18(22)23-14(3)15-5-7-16(19)8-6-15/h4-11,14H,1-3H3/t14-/m1/s1. The van der Waals surface area contributed by atoms with E-state index in [-0.39, 0.29) is 11.1 Å². The first-order valence-electron chi connectivity index (χ1n) is 7.44. The van der Waals surface area contributed by atoms with Gasteiger partial charge in [0.15, 0.2) is 5.16 Å². The van der Waals surface area contributed by atoms with Gasteiger partial charge in [0.25, 0.3) is 0 Å². The molecular weight excluding hydrogens is 309 g/mol. The van der Waals surface area contributed by atoms with Crippen molar-refractivity contribution in [2.45, 2.75) is 31.2 Å². The molecule has 0 saturated carbocycles. The van der Waals surface area contributed by atoms with Crippen molar-refractivity contribution in [1.82, 2.24) is 14.8 Å². The highest BCUT2D eigenvalue weighted by molar-refractivity contribution is 7.99. The molecule has 0 spiro atoms. The van der Waals surface area contributed by atoms with Crippen LogP contribution in [-0.4, -0.2) is 14.8 Å². The summed E-state index contributed by atoms with van der Waals surface area (Å²) in [4.78, 5) is 0. The van der Waals surface area contributed by atoms with E-state index in [0.717, 1.165) is 16.4 Å². The smallest absolute Gasteiger partial charge is 0.196 e. The van der Waals surface area contributed by atoms with Crippen LogP contribution in [-0.2, 0) is 0 Å². The Morgan fingerprint density at radius 1 is 1.09 bits per heavy atom. The second kappa shape index (κ2) is 6.54. The molecule has 3 nitrogen and oxygen atoms in total. The van der Waals surface area contributed by atoms with E-state index in [2.05, 4.69) is 49.2 Å². The second-order valence-corrected chi connectivity index (χ2v) is 6.89. The van der Waals surface area contributed by atoms with Gasteiger partial charge in [-0.05, 0) is 50.1 Å². The number of halogens is 1. The summed E-state index contributed by atoms with van der Waals surface area (Å²) in [7, 11) is 0. The fraction of sp³-hybridized carbons (Fsp3) is 0.222. The van der Waals surface area contributed by atoms with Gasteiger partial charge < -0.3 is 0 Å². The van der Waals surface area contributed by atoms with Crippen LogP contribution in [0.25, 0.3) is 5.69 Å². The first kappa shape index (κ1) is 15.7. The Hall–Kier alpha value is -2.14.